The van der Waals surface area contributed by atoms with Crippen molar-refractivity contribution in [2.24, 2.45) is 11.8 Å². The van der Waals surface area contributed by atoms with Crippen molar-refractivity contribution in [1.82, 2.24) is 9.88 Å². The van der Waals surface area contributed by atoms with Gasteiger partial charge in [-0.1, -0.05) is 6.92 Å². The molecule has 1 amide bonds. The highest BCUT2D eigenvalue weighted by Crippen LogP contribution is 2.28. The van der Waals surface area contributed by atoms with Crippen LogP contribution in [0.4, 0.5) is 5.69 Å². The first-order valence-electron chi connectivity index (χ1n) is 8.09. The van der Waals surface area contributed by atoms with Gasteiger partial charge in [0.25, 0.3) is 11.6 Å². The van der Waals surface area contributed by atoms with E-state index in [1.807, 2.05) is 6.92 Å². The van der Waals surface area contributed by atoms with Crippen molar-refractivity contribution in [3.63, 3.8) is 0 Å². The Morgan fingerprint density at radius 3 is 2.62 bits per heavy atom. The number of benzene rings is 1. The van der Waals surface area contributed by atoms with Crippen LogP contribution in [-0.4, -0.2) is 44.9 Å². The molecule has 3 rings (SSSR count). The number of likely N-dealkylation sites (tertiary alicyclic amines) is 1. The van der Waals surface area contributed by atoms with Gasteiger partial charge in [-0.3, -0.25) is 19.7 Å². The summed E-state index contributed by atoms with van der Waals surface area (Å²) in [5.41, 5.74) is 1.01. The minimum Gasteiger partial charge on any atom is -0.481 e. The van der Waals surface area contributed by atoms with Crippen molar-refractivity contribution in [1.29, 1.82) is 0 Å². The monoisotopic (exact) mass is 375 g/mol. The normalized spacial score (nSPS) is 20.0. The molecular weight excluding hydrogens is 358 g/mol. The molecule has 0 radical (unpaired) electrons. The van der Waals surface area contributed by atoms with Crippen LogP contribution in [0.1, 0.15) is 23.8 Å². The number of thiazole rings is 1. The van der Waals surface area contributed by atoms with Gasteiger partial charge in [0.15, 0.2) is 0 Å². The first-order valence-corrected chi connectivity index (χ1v) is 8.97. The standard InChI is InChI=1S/C17H17N3O5S/c1-10-8-19(7-6-13(10)17(22)23)16(21)14-9-26-15(18-14)11-2-4-12(5-3-11)20(24)25/h2-5,9-10,13H,6-8H2,1H3,(H,22,23). The Morgan fingerprint density at radius 1 is 1.35 bits per heavy atom. The Hall–Kier alpha value is -2.81. The summed E-state index contributed by atoms with van der Waals surface area (Å²) in [5.74, 6) is -1.58. The van der Waals surface area contributed by atoms with E-state index in [2.05, 4.69) is 4.98 Å². The van der Waals surface area contributed by atoms with Crippen molar-refractivity contribution in [3.8, 4) is 10.6 Å². The van der Waals surface area contributed by atoms with Gasteiger partial charge in [0.05, 0.1) is 10.8 Å². The molecule has 2 unspecified atom stereocenters. The Kier molecular flexibility index (Phi) is 4.99. The van der Waals surface area contributed by atoms with Crippen LogP contribution in [-0.2, 0) is 4.79 Å². The molecule has 0 bridgehead atoms. The highest BCUT2D eigenvalue weighted by molar-refractivity contribution is 7.13. The Bertz CT molecular complexity index is 848. The average Bonchev–Trinajstić information content (AvgIpc) is 3.10. The van der Waals surface area contributed by atoms with Gasteiger partial charge in [-0.15, -0.1) is 11.3 Å². The summed E-state index contributed by atoms with van der Waals surface area (Å²) in [7, 11) is 0. The smallest absolute Gasteiger partial charge is 0.306 e. The fraction of sp³-hybridized carbons (Fsp3) is 0.353. The van der Waals surface area contributed by atoms with Crippen LogP contribution in [0.15, 0.2) is 29.6 Å². The minimum absolute atomic E-state index is 0.00287. The molecule has 1 aromatic carbocycles. The van der Waals surface area contributed by atoms with E-state index >= 15 is 0 Å². The molecule has 1 aliphatic heterocycles. The number of amides is 1. The van der Waals surface area contributed by atoms with Gasteiger partial charge in [-0.2, -0.15) is 0 Å². The second-order valence-corrected chi connectivity index (χ2v) is 7.16. The summed E-state index contributed by atoms with van der Waals surface area (Å²) in [6.45, 7) is 2.62. The average molecular weight is 375 g/mol. The molecule has 26 heavy (non-hydrogen) atoms. The number of piperidine rings is 1. The second kappa shape index (κ2) is 7.20. The van der Waals surface area contributed by atoms with Crippen LogP contribution in [0.3, 0.4) is 0 Å². The maximum Gasteiger partial charge on any atom is 0.306 e. The molecule has 2 aromatic rings. The number of aliphatic carboxylic acids is 1. The summed E-state index contributed by atoms with van der Waals surface area (Å²) in [6, 6.07) is 6.00. The summed E-state index contributed by atoms with van der Waals surface area (Å²) in [4.78, 5) is 40.1. The predicted molar refractivity (Wildman–Crippen MR) is 95.0 cm³/mol. The molecule has 8 nitrogen and oxygen atoms in total. The third-order valence-corrected chi connectivity index (χ3v) is 5.45. The van der Waals surface area contributed by atoms with Crippen LogP contribution in [0.5, 0.6) is 0 Å². The zero-order chi connectivity index (χ0) is 18.8. The lowest BCUT2D eigenvalue weighted by atomic mass is 9.87. The van der Waals surface area contributed by atoms with E-state index < -0.39 is 16.8 Å². The molecular formula is C17H17N3O5S. The van der Waals surface area contributed by atoms with E-state index in [-0.39, 0.29) is 17.5 Å². The first kappa shape index (κ1) is 18.0. The highest BCUT2D eigenvalue weighted by atomic mass is 32.1. The lowest BCUT2D eigenvalue weighted by Gasteiger charge is -2.34. The first-order chi connectivity index (χ1) is 12.4. The Labute approximate surface area is 153 Å². The van der Waals surface area contributed by atoms with Crippen LogP contribution in [0, 0.1) is 22.0 Å². The van der Waals surface area contributed by atoms with Gasteiger partial charge in [-0.25, -0.2) is 4.98 Å². The van der Waals surface area contributed by atoms with Crippen LogP contribution < -0.4 is 0 Å². The molecule has 2 atom stereocenters. The van der Waals surface area contributed by atoms with E-state index in [9.17, 15) is 24.8 Å². The number of carboxylic acids is 1. The predicted octanol–water partition coefficient (Wildman–Crippen LogP) is 2.90. The molecule has 9 heteroatoms. The second-order valence-electron chi connectivity index (χ2n) is 6.30. The molecule has 1 saturated heterocycles. The van der Waals surface area contributed by atoms with Crippen molar-refractivity contribution in [2.75, 3.05) is 13.1 Å². The van der Waals surface area contributed by atoms with Gasteiger partial charge in [0.2, 0.25) is 0 Å². The van der Waals surface area contributed by atoms with E-state index in [0.29, 0.717) is 35.8 Å². The largest absolute Gasteiger partial charge is 0.481 e. The molecule has 2 heterocycles. The number of nitro benzene ring substituents is 1. The van der Waals surface area contributed by atoms with Crippen molar-refractivity contribution in [2.45, 2.75) is 13.3 Å². The van der Waals surface area contributed by atoms with Crippen molar-refractivity contribution < 1.29 is 19.6 Å². The number of hydrogen-bond acceptors (Lipinski definition) is 6. The van der Waals surface area contributed by atoms with E-state index in [1.54, 1.807) is 22.4 Å². The highest BCUT2D eigenvalue weighted by Gasteiger charge is 2.33. The lowest BCUT2D eigenvalue weighted by Crippen LogP contribution is -2.45. The molecule has 1 aliphatic rings. The molecule has 1 aromatic heterocycles. The maximum atomic E-state index is 12.6. The quantitative estimate of drug-likeness (QED) is 0.649. The molecule has 0 spiro atoms. The van der Waals surface area contributed by atoms with Crippen molar-refractivity contribution in [3.05, 3.63) is 45.5 Å². The third kappa shape index (κ3) is 3.57. The molecule has 0 saturated carbocycles. The number of nitro groups is 1. The molecule has 1 N–H and O–H groups in total. The summed E-state index contributed by atoms with van der Waals surface area (Å²) in [6.07, 6.45) is 0.432. The van der Waals surface area contributed by atoms with E-state index in [0.717, 1.165) is 0 Å². The number of nitrogens with zero attached hydrogens (tertiary/aromatic N) is 3. The number of carbonyl (C=O) groups excluding carboxylic acids is 1. The van der Waals surface area contributed by atoms with Crippen LogP contribution in [0.2, 0.25) is 0 Å². The zero-order valence-electron chi connectivity index (χ0n) is 14.0. The van der Waals surface area contributed by atoms with Gasteiger partial charge in [0, 0.05) is 36.2 Å². The SMILES string of the molecule is CC1CN(C(=O)c2csc(-c3ccc([N+](=O)[O-])cc3)n2)CCC1C(=O)O. The van der Waals surface area contributed by atoms with Crippen LogP contribution in [0.25, 0.3) is 10.6 Å². The van der Waals surface area contributed by atoms with Crippen LogP contribution >= 0.6 is 11.3 Å². The summed E-state index contributed by atoms with van der Waals surface area (Å²) >= 11 is 1.29. The van der Waals surface area contributed by atoms with Gasteiger partial charge in [-0.05, 0) is 24.5 Å². The summed E-state index contributed by atoms with van der Waals surface area (Å²) < 4.78 is 0. The molecule has 136 valence electrons. The molecule has 1 fully saturated rings. The topological polar surface area (TPSA) is 114 Å². The summed E-state index contributed by atoms with van der Waals surface area (Å²) in [5, 5.41) is 22.2. The maximum absolute atomic E-state index is 12.6. The fourth-order valence-corrected chi connectivity index (χ4v) is 3.89. The van der Waals surface area contributed by atoms with E-state index in [4.69, 9.17) is 0 Å². The van der Waals surface area contributed by atoms with Gasteiger partial charge in [0.1, 0.15) is 10.7 Å². The Morgan fingerprint density at radius 2 is 2.04 bits per heavy atom. The number of carbonyl (C=O) groups is 2. The van der Waals surface area contributed by atoms with E-state index in [1.165, 1.54) is 23.5 Å². The minimum atomic E-state index is -0.821. The number of carboxylic acid groups (broad SMARTS) is 1. The van der Waals surface area contributed by atoms with Crippen molar-refractivity contribution >= 4 is 28.9 Å². The number of non-ortho nitro benzene ring substituents is 1. The Balaban J connectivity index is 1.72. The zero-order valence-corrected chi connectivity index (χ0v) is 14.8. The molecule has 0 aliphatic carbocycles. The number of hydrogen-bond donors (Lipinski definition) is 1. The number of rotatable bonds is 4. The lowest BCUT2D eigenvalue weighted by molar-refractivity contribution is -0.384. The van der Waals surface area contributed by atoms with Gasteiger partial charge < -0.3 is 10.0 Å². The fourth-order valence-electron chi connectivity index (χ4n) is 3.09. The third-order valence-electron chi connectivity index (χ3n) is 4.56. The van der Waals surface area contributed by atoms with Gasteiger partial charge >= 0.3 is 5.97 Å². The number of aromatic nitrogens is 1.